The Hall–Kier alpha value is -2.17. The molecule has 0 aliphatic carbocycles. The van der Waals surface area contributed by atoms with Gasteiger partial charge in [0.15, 0.2) is 0 Å². The van der Waals surface area contributed by atoms with E-state index in [0.29, 0.717) is 12.3 Å². The van der Waals surface area contributed by atoms with Crippen LogP contribution in [0.5, 0.6) is 0 Å². The molecule has 136 valence electrons. The summed E-state index contributed by atoms with van der Waals surface area (Å²) in [6, 6.07) is 6.00. The number of rotatable bonds is 2. The molecule has 2 N–H and O–H groups in total. The van der Waals surface area contributed by atoms with Gasteiger partial charge in [0, 0.05) is 18.4 Å². The van der Waals surface area contributed by atoms with Crippen LogP contribution in [0.3, 0.4) is 0 Å². The van der Waals surface area contributed by atoms with Gasteiger partial charge in [-0.3, -0.25) is 9.59 Å². The Labute approximate surface area is 148 Å². The molecular formula is C20H27FN2O2. The molecule has 0 aromatic heterocycles. The third-order valence-electron chi connectivity index (χ3n) is 4.61. The average Bonchev–Trinajstić information content (AvgIpc) is 2.55. The lowest BCUT2D eigenvalue weighted by molar-refractivity contribution is -0.130. The Morgan fingerprint density at radius 3 is 2.32 bits per heavy atom. The van der Waals surface area contributed by atoms with Crippen LogP contribution >= 0.6 is 0 Å². The van der Waals surface area contributed by atoms with Crippen molar-refractivity contribution in [3.8, 4) is 0 Å². The summed E-state index contributed by atoms with van der Waals surface area (Å²) in [4.78, 5) is 24.7. The fourth-order valence-electron chi connectivity index (χ4n) is 2.90. The van der Waals surface area contributed by atoms with Crippen LogP contribution in [0.2, 0.25) is 0 Å². The number of hydrogen-bond acceptors (Lipinski definition) is 2. The number of nitrogens with one attached hydrogen (secondary N) is 2. The monoisotopic (exact) mass is 346 g/mol. The molecule has 0 spiro atoms. The first-order valence-electron chi connectivity index (χ1n) is 8.87. The quantitative estimate of drug-likeness (QED) is 0.805. The highest BCUT2D eigenvalue weighted by molar-refractivity contribution is 5.85. The number of carbonyl (C=O) groups is 2. The number of amides is 2. The van der Waals surface area contributed by atoms with Gasteiger partial charge in [-0.2, -0.15) is 0 Å². The van der Waals surface area contributed by atoms with Crippen molar-refractivity contribution in [1.29, 1.82) is 0 Å². The molecule has 4 nitrogen and oxygen atoms in total. The second-order valence-electron chi connectivity index (χ2n) is 7.08. The van der Waals surface area contributed by atoms with Gasteiger partial charge in [0.05, 0.1) is 6.04 Å². The molecule has 1 aromatic carbocycles. The van der Waals surface area contributed by atoms with Gasteiger partial charge in [-0.05, 0) is 36.5 Å². The zero-order valence-electron chi connectivity index (χ0n) is 15.1. The highest BCUT2D eigenvalue weighted by atomic mass is 19.1. The first kappa shape index (κ1) is 19.2. The molecular weight excluding hydrogens is 319 g/mol. The average molecular weight is 346 g/mol. The van der Waals surface area contributed by atoms with Crippen LogP contribution in [0, 0.1) is 17.7 Å². The third kappa shape index (κ3) is 5.69. The lowest BCUT2D eigenvalue weighted by atomic mass is 9.96. The number of benzene rings is 1. The zero-order valence-corrected chi connectivity index (χ0v) is 15.1. The maximum atomic E-state index is 13.2. The highest BCUT2D eigenvalue weighted by Crippen LogP contribution is 2.20. The van der Waals surface area contributed by atoms with Gasteiger partial charge in [-0.15, -0.1) is 0 Å². The Balaban J connectivity index is 2.22. The standard InChI is InChI=1S/C20H27FN2O2/c1-13(2)17-6-4-5-7-18(15-8-10-16(21)11-9-15)23-20(25)14(3)12-19(24)22-17/h4-5,8-11,13-14,17-18H,6-7,12H2,1-3H3,(H,22,24)(H,23,25)/b5-4-/t14-,17-,18-/m0/s1. The SMILES string of the molecule is CC(C)[C@@H]1C/C=C\C[C@@H](c2ccc(F)cc2)NC(=O)[C@@H](C)CC(=O)N1. The summed E-state index contributed by atoms with van der Waals surface area (Å²) in [5.41, 5.74) is 0.855. The van der Waals surface area contributed by atoms with E-state index < -0.39 is 5.92 Å². The molecule has 25 heavy (non-hydrogen) atoms. The summed E-state index contributed by atoms with van der Waals surface area (Å²) in [7, 11) is 0. The van der Waals surface area contributed by atoms with E-state index in [-0.39, 0.29) is 36.1 Å². The van der Waals surface area contributed by atoms with Gasteiger partial charge in [0.1, 0.15) is 5.82 Å². The van der Waals surface area contributed by atoms with Crippen molar-refractivity contribution >= 4 is 11.8 Å². The van der Waals surface area contributed by atoms with Gasteiger partial charge >= 0.3 is 0 Å². The summed E-state index contributed by atoms with van der Waals surface area (Å²) in [6.07, 6.45) is 5.60. The molecule has 0 saturated carbocycles. The first-order valence-corrected chi connectivity index (χ1v) is 8.87. The van der Waals surface area contributed by atoms with E-state index in [2.05, 4.69) is 24.5 Å². The molecule has 2 rings (SSSR count). The van der Waals surface area contributed by atoms with E-state index in [1.54, 1.807) is 19.1 Å². The minimum absolute atomic E-state index is 0.0581. The van der Waals surface area contributed by atoms with E-state index in [4.69, 9.17) is 0 Å². The predicted molar refractivity (Wildman–Crippen MR) is 96.2 cm³/mol. The molecule has 5 heteroatoms. The van der Waals surface area contributed by atoms with Crippen LogP contribution < -0.4 is 10.6 Å². The summed E-state index contributed by atoms with van der Waals surface area (Å²) in [5, 5.41) is 6.00. The summed E-state index contributed by atoms with van der Waals surface area (Å²) in [5.74, 6) is -0.676. The minimum atomic E-state index is -0.417. The number of hydrogen-bond donors (Lipinski definition) is 2. The molecule has 1 aromatic rings. The number of halogens is 1. The lowest BCUT2D eigenvalue weighted by Crippen LogP contribution is -2.41. The zero-order chi connectivity index (χ0) is 18.4. The molecule has 0 fully saturated rings. The van der Waals surface area contributed by atoms with E-state index in [1.807, 2.05) is 12.2 Å². The molecule has 0 radical (unpaired) electrons. The maximum Gasteiger partial charge on any atom is 0.223 e. The smallest absolute Gasteiger partial charge is 0.223 e. The second kappa shape index (κ2) is 8.79. The van der Waals surface area contributed by atoms with Gasteiger partial charge in [0.25, 0.3) is 0 Å². The Morgan fingerprint density at radius 2 is 1.68 bits per heavy atom. The second-order valence-corrected chi connectivity index (χ2v) is 7.08. The minimum Gasteiger partial charge on any atom is -0.353 e. The summed E-state index contributed by atoms with van der Waals surface area (Å²) < 4.78 is 13.2. The molecule has 3 atom stereocenters. The van der Waals surface area contributed by atoms with Gasteiger partial charge in [-0.1, -0.05) is 45.1 Å². The third-order valence-corrected chi connectivity index (χ3v) is 4.61. The largest absolute Gasteiger partial charge is 0.353 e. The normalized spacial score (nSPS) is 27.0. The molecule has 1 aliphatic rings. The molecule has 2 amide bonds. The first-order chi connectivity index (χ1) is 11.9. The molecule has 0 bridgehead atoms. The van der Waals surface area contributed by atoms with Crippen LogP contribution in [0.25, 0.3) is 0 Å². The van der Waals surface area contributed by atoms with Gasteiger partial charge in [-0.25, -0.2) is 4.39 Å². The van der Waals surface area contributed by atoms with Crippen LogP contribution in [-0.2, 0) is 9.59 Å². The van der Waals surface area contributed by atoms with Crippen molar-refractivity contribution in [2.24, 2.45) is 11.8 Å². The maximum absolute atomic E-state index is 13.2. The van der Waals surface area contributed by atoms with Gasteiger partial charge in [0.2, 0.25) is 11.8 Å². The Bertz CT molecular complexity index is 625. The fraction of sp³-hybridized carbons (Fsp3) is 0.500. The summed E-state index contributed by atoms with van der Waals surface area (Å²) >= 11 is 0. The molecule has 0 saturated heterocycles. The Morgan fingerprint density at radius 1 is 1.04 bits per heavy atom. The molecule has 1 heterocycles. The van der Waals surface area contributed by atoms with Crippen LogP contribution in [-0.4, -0.2) is 17.9 Å². The van der Waals surface area contributed by atoms with E-state index in [0.717, 1.165) is 12.0 Å². The topological polar surface area (TPSA) is 58.2 Å². The van der Waals surface area contributed by atoms with Crippen LogP contribution in [0.1, 0.15) is 51.6 Å². The highest BCUT2D eigenvalue weighted by Gasteiger charge is 2.23. The van der Waals surface area contributed by atoms with Crippen molar-refractivity contribution in [1.82, 2.24) is 10.6 Å². The van der Waals surface area contributed by atoms with E-state index >= 15 is 0 Å². The van der Waals surface area contributed by atoms with E-state index in [1.165, 1.54) is 12.1 Å². The van der Waals surface area contributed by atoms with Crippen molar-refractivity contribution in [3.63, 3.8) is 0 Å². The van der Waals surface area contributed by atoms with E-state index in [9.17, 15) is 14.0 Å². The Kier molecular flexibility index (Phi) is 6.73. The fourth-order valence-corrected chi connectivity index (χ4v) is 2.90. The van der Waals surface area contributed by atoms with Crippen LogP contribution in [0.15, 0.2) is 36.4 Å². The molecule has 1 aliphatic heterocycles. The summed E-state index contributed by atoms with van der Waals surface area (Å²) in [6.45, 7) is 5.90. The molecule has 0 unspecified atom stereocenters. The van der Waals surface area contributed by atoms with Crippen molar-refractivity contribution in [3.05, 3.63) is 47.8 Å². The lowest BCUT2D eigenvalue weighted by Gasteiger charge is -2.24. The van der Waals surface area contributed by atoms with Gasteiger partial charge < -0.3 is 10.6 Å². The number of carbonyl (C=O) groups excluding carboxylic acids is 2. The van der Waals surface area contributed by atoms with Crippen LogP contribution in [0.4, 0.5) is 4.39 Å². The van der Waals surface area contributed by atoms with Crippen molar-refractivity contribution in [2.45, 2.75) is 52.1 Å². The van der Waals surface area contributed by atoms with Crippen molar-refractivity contribution < 1.29 is 14.0 Å². The predicted octanol–water partition coefficient (Wildman–Crippen LogP) is 3.50. The van der Waals surface area contributed by atoms with Crippen molar-refractivity contribution in [2.75, 3.05) is 0 Å².